The molecule has 0 heterocycles. The van der Waals surface area contributed by atoms with Crippen molar-refractivity contribution < 1.29 is 14.4 Å². The Hall–Kier alpha value is -3.15. The molecular formula is C24H31N3O3. The molecule has 4 N–H and O–H groups in total. The number of benzene rings is 2. The quantitative estimate of drug-likeness (QED) is 0.593. The van der Waals surface area contributed by atoms with Gasteiger partial charge in [-0.2, -0.15) is 0 Å². The van der Waals surface area contributed by atoms with Crippen molar-refractivity contribution >= 4 is 17.7 Å². The monoisotopic (exact) mass is 409 g/mol. The van der Waals surface area contributed by atoms with E-state index in [2.05, 4.69) is 10.6 Å². The van der Waals surface area contributed by atoms with E-state index in [1.807, 2.05) is 81.4 Å². The summed E-state index contributed by atoms with van der Waals surface area (Å²) >= 11 is 0. The van der Waals surface area contributed by atoms with E-state index in [-0.39, 0.29) is 24.2 Å². The van der Waals surface area contributed by atoms with E-state index < -0.39 is 23.9 Å². The molecule has 2 rings (SSSR count). The highest BCUT2D eigenvalue weighted by Gasteiger charge is 2.27. The Bertz CT molecular complexity index is 845. The molecule has 2 aromatic carbocycles. The van der Waals surface area contributed by atoms with Gasteiger partial charge in [-0.05, 0) is 16.5 Å². The number of carbonyl (C=O) groups excluding carboxylic acids is 3. The van der Waals surface area contributed by atoms with Gasteiger partial charge >= 0.3 is 0 Å². The van der Waals surface area contributed by atoms with Crippen molar-refractivity contribution in [3.05, 3.63) is 71.8 Å². The molecule has 0 fully saturated rings. The van der Waals surface area contributed by atoms with Gasteiger partial charge in [0, 0.05) is 19.3 Å². The molecule has 6 nitrogen and oxygen atoms in total. The zero-order chi connectivity index (χ0) is 22.1. The summed E-state index contributed by atoms with van der Waals surface area (Å²) in [6, 6.07) is 17.1. The molecule has 0 saturated heterocycles. The number of hydrogen-bond donors (Lipinski definition) is 3. The largest absolute Gasteiger partial charge is 0.368 e. The number of rotatable bonds is 9. The molecule has 0 aromatic heterocycles. The summed E-state index contributed by atoms with van der Waals surface area (Å²) in [5, 5.41) is 5.55. The van der Waals surface area contributed by atoms with Gasteiger partial charge in [-0.25, -0.2) is 0 Å². The highest BCUT2D eigenvalue weighted by atomic mass is 16.2. The predicted molar refractivity (Wildman–Crippen MR) is 117 cm³/mol. The first-order chi connectivity index (χ1) is 14.1. The summed E-state index contributed by atoms with van der Waals surface area (Å²) < 4.78 is 0. The Balaban J connectivity index is 2.14. The maximum absolute atomic E-state index is 13.0. The molecule has 0 saturated carbocycles. The Morgan fingerprint density at radius 1 is 0.800 bits per heavy atom. The van der Waals surface area contributed by atoms with Crippen molar-refractivity contribution in [2.75, 3.05) is 0 Å². The summed E-state index contributed by atoms with van der Waals surface area (Å²) in [6.45, 7) is 5.88. The van der Waals surface area contributed by atoms with E-state index in [4.69, 9.17) is 5.73 Å². The van der Waals surface area contributed by atoms with Crippen LogP contribution in [0.15, 0.2) is 60.7 Å². The second kappa shape index (κ2) is 10.6. The zero-order valence-corrected chi connectivity index (χ0v) is 17.9. The first-order valence-electron chi connectivity index (χ1n) is 10.1. The number of nitrogens with two attached hydrogens (primary N) is 1. The van der Waals surface area contributed by atoms with Crippen LogP contribution in [0.25, 0.3) is 0 Å². The summed E-state index contributed by atoms with van der Waals surface area (Å²) in [7, 11) is 0. The third kappa shape index (κ3) is 8.07. The molecule has 0 bridgehead atoms. The lowest BCUT2D eigenvalue weighted by Crippen LogP contribution is -2.54. The van der Waals surface area contributed by atoms with Crippen molar-refractivity contribution in [3.63, 3.8) is 0 Å². The van der Waals surface area contributed by atoms with Gasteiger partial charge in [0.15, 0.2) is 0 Å². The van der Waals surface area contributed by atoms with E-state index in [0.29, 0.717) is 6.42 Å². The molecule has 0 aliphatic rings. The van der Waals surface area contributed by atoms with Crippen molar-refractivity contribution in [1.82, 2.24) is 10.6 Å². The molecule has 0 spiro atoms. The van der Waals surface area contributed by atoms with Gasteiger partial charge in [-0.3, -0.25) is 14.4 Å². The lowest BCUT2D eigenvalue weighted by atomic mass is 9.91. The highest BCUT2D eigenvalue weighted by molar-refractivity contribution is 5.92. The fourth-order valence-corrected chi connectivity index (χ4v) is 3.13. The molecule has 6 heteroatoms. The lowest BCUT2D eigenvalue weighted by molar-refractivity contribution is -0.131. The number of nitrogens with one attached hydrogen (secondary N) is 2. The van der Waals surface area contributed by atoms with E-state index in [1.54, 1.807) is 0 Å². The van der Waals surface area contributed by atoms with Gasteiger partial charge in [0.2, 0.25) is 17.7 Å². The average molecular weight is 410 g/mol. The molecular weight excluding hydrogens is 378 g/mol. The molecule has 2 aromatic rings. The minimum atomic E-state index is -0.863. The normalized spacial score (nSPS) is 13.2. The van der Waals surface area contributed by atoms with E-state index >= 15 is 0 Å². The number of carbonyl (C=O) groups is 3. The predicted octanol–water partition coefficient (Wildman–Crippen LogP) is 2.36. The smallest absolute Gasteiger partial charge is 0.243 e. The Morgan fingerprint density at radius 3 is 1.70 bits per heavy atom. The second-order valence-electron chi connectivity index (χ2n) is 8.70. The van der Waals surface area contributed by atoms with E-state index in [9.17, 15) is 14.4 Å². The van der Waals surface area contributed by atoms with Gasteiger partial charge in [-0.15, -0.1) is 0 Å². The molecule has 0 radical (unpaired) electrons. The minimum absolute atomic E-state index is 0.207. The fraction of sp³-hybridized carbons (Fsp3) is 0.375. The van der Waals surface area contributed by atoms with Crippen molar-refractivity contribution in [3.8, 4) is 0 Å². The molecule has 0 aliphatic carbocycles. The van der Waals surface area contributed by atoms with Gasteiger partial charge < -0.3 is 16.4 Å². The van der Waals surface area contributed by atoms with Crippen molar-refractivity contribution in [2.45, 2.75) is 52.1 Å². The maximum Gasteiger partial charge on any atom is 0.243 e. The first-order valence-corrected chi connectivity index (χ1v) is 10.1. The SMILES string of the molecule is CC(C)(C)CC(=O)N[C@@H](Cc1ccccc1)C(=O)N[C@@H](Cc1ccccc1)C(N)=O. The molecule has 30 heavy (non-hydrogen) atoms. The van der Waals surface area contributed by atoms with Crippen LogP contribution in [0.3, 0.4) is 0 Å². The highest BCUT2D eigenvalue weighted by Crippen LogP contribution is 2.18. The van der Waals surface area contributed by atoms with Crippen LogP contribution >= 0.6 is 0 Å². The van der Waals surface area contributed by atoms with E-state index in [0.717, 1.165) is 11.1 Å². The van der Waals surface area contributed by atoms with Crippen molar-refractivity contribution in [2.24, 2.45) is 11.1 Å². The van der Waals surface area contributed by atoms with Crippen LogP contribution in [0.1, 0.15) is 38.3 Å². The van der Waals surface area contributed by atoms with Crippen LogP contribution < -0.4 is 16.4 Å². The summed E-state index contributed by atoms with van der Waals surface area (Å²) in [5.41, 5.74) is 7.12. The minimum Gasteiger partial charge on any atom is -0.368 e. The molecule has 160 valence electrons. The summed E-state index contributed by atoms with van der Waals surface area (Å²) in [4.78, 5) is 37.5. The molecule has 0 unspecified atom stereocenters. The second-order valence-corrected chi connectivity index (χ2v) is 8.70. The third-order valence-electron chi connectivity index (χ3n) is 4.57. The number of primary amides is 1. The van der Waals surface area contributed by atoms with Gasteiger partial charge in [0.25, 0.3) is 0 Å². The summed E-state index contributed by atoms with van der Waals surface area (Å²) in [5.74, 6) is -1.26. The molecule has 2 atom stereocenters. The molecule has 3 amide bonds. The van der Waals surface area contributed by atoms with Gasteiger partial charge in [-0.1, -0.05) is 81.4 Å². The Morgan fingerprint density at radius 2 is 1.27 bits per heavy atom. The Kier molecular flexibility index (Phi) is 8.16. The average Bonchev–Trinajstić information content (AvgIpc) is 2.67. The van der Waals surface area contributed by atoms with Gasteiger partial charge in [0.1, 0.15) is 12.1 Å². The zero-order valence-electron chi connectivity index (χ0n) is 17.9. The first kappa shape index (κ1) is 23.1. The van der Waals surface area contributed by atoms with Crippen LogP contribution in [-0.2, 0) is 27.2 Å². The lowest BCUT2D eigenvalue weighted by Gasteiger charge is -2.24. The van der Waals surface area contributed by atoms with Crippen LogP contribution in [0.4, 0.5) is 0 Å². The van der Waals surface area contributed by atoms with Crippen LogP contribution in [0.5, 0.6) is 0 Å². The standard InChI is InChI=1S/C24H31N3O3/c1-24(2,3)16-21(28)26-20(15-18-12-8-5-9-13-18)23(30)27-19(22(25)29)14-17-10-6-4-7-11-17/h4-13,19-20H,14-16H2,1-3H3,(H2,25,29)(H,26,28)(H,27,30)/t19-,20-/m0/s1. The third-order valence-corrected chi connectivity index (χ3v) is 4.57. The maximum atomic E-state index is 13.0. The van der Waals surface area contributed by atoms with Crippen LogP contribution in [0, 0.1) is 5.41 Å². The van der Waals surface area contributed by atoms with Crippen LogP contribution in [-0.4, -0.2) is 29.8 Å². The van der Waals surface area contributed by atoms with Gasteiger partial charge in [0.05, 0.1) is 0 Å². The van der Waals surface area contributed by atoms with Crippen molar-refractivity contribution in [1.29, 1.82) is 0 Å². The topological polar surface area (TPSA) is 101 Å². The van der Waals surface area contributed by atoms with E-state index in [1.165, 1.54) is 0 Å². The number of amides is 3. The summed E-state index contributed by atoms with van der Waals surface area (Å²) in [6.07, 6.45) is 0.893. The Labute approximate surface area is 178 Å². The molecule has 0 aliphatic heterocycles. The number of hydrogen-bond acceptors (Lipinski definition) is 3. The van der Waals surface area contributed by atoms with Crippen LogP contribution in [0.2, 0.25) is 0 Å². The fourth-order valence-electron chi connectivity index (χ4n) is 3.13.